The van der Waals surface area contributed by atoms with Crippen molar-refractivity contribution in [3.05, 3.63) is 81.9 Å². The number of carbonyl (C=O) groups is 4. The van der Waals surface area contributed by atoms with Crippen LogP contribution in [-0.4, -0.2) is 52.1 Å². The second-order valence-corrected chi connectivity index (χ2v) is 11.4. The Kier molecular flexibility index (Phi) is 10.0. The number of hydrogen-bond acceptors (Lipinski definition) is 4. The molecule has 212 valence electrons. The maximum absolute atomic E-state index is 13.9. The maximum atomic E-state index is 13.9. The van der Waals surface area contributed by atoms with Gasteiger partial charge < -0.3 is 10.2 Å². The van der Waals surface area contributed by atoms with Gasteiger partial charge in [-0.25, -0.2) is 0 Å². The van der Waals surface area contributed by atoms with Crippen LogP contribution in [0.4, 0.5) is 0 Å². The van der Waals surface area contributed by atoms with Crippen molar-refractivity contribution in [2.45, 2.75) is 64.6 Å². The highest BCUT2D eigenvalue weighted by Gasteiger charge is 2.47. The number of halogens is 2. The summed E-state index contributed by atoms with van der Waals surface area (Å²) in [5, 5.41) is 3.87. The van der Waals surface area contributed by atoms with Gasteiger partial charge in [0.15, 0.2) is 0 Å². The largest absolute Gasteiger partial charge is 0.352 e. The maximum Gasteiger partial charge on any atom is 0.243 e. The van der Waals surface area contributed by atoms with E-state index >= 15 is 0 Å². The number of rotatable bonds is 11. The average Bonchev–Trinajstić information content (AvgIpc) is 3.19. The molecule has 2 aromatic rings. The molecule has 9 heteroatoms. The minimum Gasteiger partial charge on any atom is -0.352 e. The zero-order valence-corrected chi connectivity index (χ0v) is 24.3. The average molecular weight is 585 g/mol. The molecular weight excluding hydrogens is 549 g/mol. The normalized spacial score (nSPS) is 19.8. The van der Waals surface area contributed by atoms with E-state index in [0.29, 0.717) is 28.5 Å². The summed E-state index contributed by atoms with van der Waals surface area (Å²) in [6, 6.07) is 13.6. The molecule has 2 aromatic carbocycles. The topological polar surface area (TPSA) is 86.8 Å². The first-order valence-corrected chi connectivity index (χ1v) is 14.5. The van der Waals surface area contributed by atoms with Gasteiger partial charge >= 0.3 is 0 Å². The number of likely N-dealkylation sites (tertiary alicyclic amines) is 1. The first kappa shape index (κ1) is 29.8. The molecule has 40 heavy (non-hydrogen) atoms. The molecule has 2 aliphatic rings. The fourth-order valence-electron chi connectivity index (χ4n) is 5.27. The standard InChI is InChI=1S/C31H35Cl2N3O4/c1-3-20(2)34-29(38)27(17-21-9-5-4-6-10-21)36(19-22-13-14-23(32)18-26(22)33)28(37)15-16-35-30(39)24-11-7-8-12-25(24)31(35)40/h4-10,13-14,18,20,24-25,27H,3,11-12,15-17,19H2,1-2H3,(H,34,38)/t20-,24-,25+,27-/m0/s1. The molecule has 0 aromatic heterocycles. The fourth-order valence-corrected chi connectivity index (χ4v) is 5.74. The van der Waals surface area contributed by atoms with Gasteiger partial charge in [-0.3, -0.25) is 24.1 Å². The van der Waals surface area contributed by atoms with Gasteiger partial charge in [0.1, 0.15) is 6.04 Å². The summed E-state index contributed by atoms with van der Waals surface area (Å²) in [6.07, 6.45) is 5.86. The van der Waals surface area contributed by atoms with Crippen molar-refractivity contribution in [1.82, 2.24) is 15.1 Å². The van der Waals surface area contributed by atoms with Crippen LogP contribution in [0, 0.1) is 11.8 Å². The second kappa shape index (κ2) is 13.5. The number of amides is 4. The summed E-state index contributed by atoms with van der Waals surface area (Å²) in [7, 11) is 0. The molecule has 4 atom stereocenters. The van der Waals surface area contributed by atoms with E-state index in [1.54, 1.807) is 18.2 Å². The van der Waals surface area contributed by atoms with Crippen molar-refractivity contribution in [2.75, 3.05) is 6.54 Å². The van der Waals surface area contributed by atoms with Crippen LogP contribution in [0.25, 0.3) is 0 Å². The molecule has 1 fully saturated rings. The number of benzene rings is 2. The van der Waals surface area contributed by atoms with Crippen LogP contribution in [0.3, 0.4) is 0 Å². The number of hydrogen-bond donors (Lipinski definition) is 1. The van der Waals surface area contributed by atoms with Crippen molar-refractivity contribution < 1.29 is 19.2 Å². The minimum absolute atomic E-state index is 0.0284. The highest BCUT2D eigenvalue weighted by atomic mass is 35.5. The summed E-state index contributed by atoms with van der Waals surface area (Å²) < 4.78 is 0. The number of carbonyl (C=O) groups excluding carboxylic acids is 4. The summed E-state index contributed by atoms with van der Waals surface area (Å²) >= 11 is 12.6. The quantitative estimate of drug-likeness (QED) is 0.291. The molecule has 4 rings (SSSR count). The second-order valence-electron chi connectivity index (χ2n) is 10.5. The van der Waals surface area contributed by atoms with Gasteiger partial charge in [0.05, 0.1) is 11.8 Å². The van der Waals surface area contributed by atoms with E-state index in [1.165, 1.54) is 9.80 Å². The van der Waals surface area contributed by atoms with Gasteiger partial charge in [0.25, 0.3) is 0 Å². The summed E-state index contributed by atoms with van der Waals surface area (Å²) in [5.74, 6) is -1.79. The Labute approximate surface area is 245 Å². The lowest BCUT2D eigenvalue weighted by atomic mass is 9.85. The van der Waals surface area contributed by atoms with Crippen LogP contribution in [0.2, 0.25) is 10.0 Å². The zero-order valence-electron chi connectivity index (χ0n) is 22.8. The lowest BCUT2D eigenvalue weighted by molar-refractivity contribution is -0.144. The van der Waals surface area contributed by atoms with Crippen LogP contribution in [0.1, 0.15) is 50.7 Å². The number of imide groups is 1. The molecule has 0 radical (unpaired) electrons. The molecule has 1 N–H and O–H groups in total. The molecule has 1 heterocycles. The van der Waals surface area contributed by atoms with E-state index in [9.17, 15) is 19.2 Å². The predicted molar refractivity (Wildman–Crippen MR) is 156 cm³/mol. The predicted octanol–water partition coefficient (Wildman–Crippen LogP) is 5.19. The first-order valence-electron chi connectivity index (χ1n) is 13.8. The van der Waals surface area contributed by atoms with Crippen LogP contribution >= 0.6 is 23.2 Å². The van der Waals surface area contributed by atoms with Crippen molar-refractivity contribution >= 4 is 46.8 Å². The molecule has 1 aliphatic heterocycles. The van der Waals surface area contributed by atoms with Crippen LogP contribution < -0.4 is 5.32 Å². The van der Waals surface area contributed by atoms with Crippen LogP contribution in [0.15, 0.2) is 60.7 Å². The molecular formula is C31H35Cl2N3O4. The third-order valence-electron chi connectivity index (χ3n) is 7.78. The van der Waals surface area contributed by atoms with E-state index in [4.69, 9.17) is 23.2 Å². The minimum atomic E-state index is -0.840. The third-order valence-corrected chi connectivity index (χ3v) is 8.36. The summed E-state index contributed by atoms with van der Waals surface area (Å²) in [4.78, 5) is 56.3. The number of fused-ring (bicyclic) bond motifs is 1. The zero-order chi connectivity index (χ0) is 28.8. The Morgan fingerprint density at radius 3 is 2.27 bits per heavy atom. The Bertz CT molecular complexity index is 1260. The van der Waals surface area contributed by atoms with Crippen LogP contribution in [0.5, 0.6) is 0 Å². The first-order chi connectivity index (χ1) is 19.2. The molecule has 0 spiro atoms. The SMILES string of the molecule is CC[C@H](C)NC(=O)[C@H](Cc1ccccc1)N(Cc1ccc(Cl)cc1Cl)C(=O)CCN1C(=O)[C@H]2CC=CC[C@H]2C1=O. The lowest BCUT2D eigenvalue weighted by Gasteiger charge is -2.33. The monoisotopic (exact) mass is 583 g/mol. The Balaban J connectivity index is 1.61. The van der Waals surface area contributed by atoms with Gasteiger partial charge in [-0.2, -0.15) is 0 Å². The summed E-state index contributed by atoms with van der Waals surface area (Å²) in [6.45, 7) is 3.93. The van der Waals surface area contributed by atoms with E-state index in [2.05, 4.69) is 5.32 Å². The van der Waals surface area contributed by atoms with Gasteiger partial charge in [0.2, 0.25) is 23.6 Å². The van der Waals surface area contributed by atoms with Crippen molar-refractivity contribution in [1.29, 1.82) is 0 Å². The Morgan fingerprint density at radius 2 is 1.68 bits per heavy atom. The van der Waals surface area contributed by atoms with E-state index in [0.717, 1.165) is 12.0 Å². The smallest absolute Gasteiger partial charge is 0.243 e. The van der Waals surface area contributed by atoms with Crippen LogP contribution in [-0.2, 0) is 32.1 Å². The van der Waals surface area contributed by atoms with Crippen molar-refractivity contribution in [2.24, 2.45) is 11.8 Å². The van der Waals surface area contributed by atoms with E-state index < -0.39 is 6.04 Å². The van der Waals surface area contributed by atoms with Gasteiger partial charge in [-0.05, 0) is 49.4 Å². The molecule has 1 saturated heterocycles. The third kappa shape index (κ3) is 6.94. The van der Waals surface area contributed by atoms with Crippen molar-refractivity contribution in [3.8, 4) is 0 Å². The Hall–Kier alpha value is -3.16. The summed E-state index contributed by atoms with van der Waals surface area (Å²) in [5.41, 5.74) is 1.53. The highest BCUT2D eigenvalue weighted by molar-refractivity contribution is 6.35. The number of nitrogens with one attached hydrogen (secondary N) is 1. The van der Waals surface area contributed by atoms with E-state index in [1.807, 2.05) is 56.3 Å². The van der Waals surface area contributed by atoms with Crippen molar-refractivity contribution in [3.63, 3.8) is 0 Å². The van der Waals surface area contributed by atoms with E-state index in [-0.39, 0.29) is 67.4 Å². The molecule has 4 amide bonds. The Morgan fingerprint density at radius 1 is 1.02 bits per heavy atom. The number of nitrogens with zero attached hydrogens (tertiary/aromatic N) is 2. The molecule has 0 unspecified atom stereocenters. The van der Waals surface area contributed by atoms with Gasteiger partial charge in [0, 0.05) is 42.0 Å². The molecule has 7 nitrogen and oxygen atoms in total. The molecule has 0 saturated carbocycles. The lowest BCUT2D eigenvalue weighted by Crippen LogP contribution is -2.52. The molecule has 1 aliphatic carbocycles. The number of allylic oxidation sites excluding steroid dienone is 2. The van der Waals surface area contributed by atoms with Gasteiger partial charge in [-0.15, -0.1) is 0 Å². The highest BCUT2D eigenvalue weighted by Crippen LogP contribution is 2.35. The fraction of sp³-hybridized carbons (Fsp3) is 0.419. The van der Waals surface area contributed by atoms with Gasteiger partial charge in [-0.1, -0.05) is 78.7 Å². The molecule has 0 bridgehead atoms.